The van der Waals surface area contributed by atoms with E-state index in [1.54, 1.807) is 12.1 Å². The lowest BCUT2D eigenvalue weighted by Crippen LogP contribution is -2.30. The zero-order chi connectivity index (χ0) is 20.1. The Balaban J connectivity index is 2.09. The van der Waals surface area contributed by atoms with Gasteiger partial charge in [0.05, 0.1) is 28.3 Å². The summed E-state index contributed by atoms with van der Waals surface area (Å²) in [6.45, 7) is 1.36. The van der Waals surface area contributed by atoms with Crippen LogP contribution in [0.4, 0.5) is 11.4 Å². The second-order valence-electron chi connectivity index (χ2n) is 5.30. The number of benzene rings is 2. The van der Waals surface area contributed by atoms with Gasteiger partial charge in [0.15, 0.2) is 6.10 Å². The van der Waals surface area contributed by atoms with Crippen molar-refractivity contribution in [3.8, 4) is 5.75 Å². The van der Waals surface area contributed by atoms with E-state index in [0.29, 0.717) is 16.5 Å². The summed E-state index contributed by atoms with van der Waals surface area (Å²) >= 11 is 11.8. The standard InChI is InChI=1S/C17H14Cl2N2O6/c1-9(16(22)20-14-7-10(18)3-6-15(14)26-2)27-17(23)12-5-4-11(21(24)25)8-13(12)19/h3-9H,1-2H3,(H,20,22)/t9-/m0/s1. The third kappa shape index (κ3) is 5.08. The number of hydrogen-bond acceptors (Lipinski definition) is 6. The molecule has 1 atom stereocenters. The molecule has 0 bridgehead atoms. The lowest BCUT2D eigenvalue weighted by atomic mass is 10.2. The van der Waals surface area contributed by atoms with E-state index in [1.165, 1.54) is 20.1 Å². The van der Waals surface area contributed by atoms with E-state index < -0.39 is 22.9 Å². The number of nitrogens with zero attached hydrogens (tertiary/aromatic N) is 1. The van der Waals surface area contributed by atoms with Gasteiger partial charge < -0.3 is 14.8 Å². The molecule has 0 spiro atoms. The van der Waals surface area contributed by atoms with Crippen LogP contribution in [0, 0.1) is 10.1 Å². The summed E-state index contributed by atoms with van der Waals surface area (Å²) in [5.41, 5.74) is -0.0519. The van der Waals surface area contributed by atoms with Crippen molar-refractivity contribution in [3.63, 3.8) is 0 Å². The average Bonchev–Trinajstić information content (AvgIpc) is 2.61. The molecule has 27 heavy (non-hydrogen) atoms. The second-order valence-corrected chi connectivity index (χ2v) is 6.15. The molecule has 0 aliphatic carbocycles. The van der Waals surface area contributed by atoms with Gasteiger partial charge in [-0.3, -0.25) is 14.9 Å². The van der Waals surface area contributed by atoms with Crippen LogP contribution >= 0.6 is 23.2 Å². The number of esters is 1. The molecule has 142 valence electrons. The van der Waals surface area contributed by atoms with E-state index in [-0.39, 0.29) is 16.3 Å². The number of carbonyl (C=O) groups excluding carboxylic acids is 2. The van der Waals surface area contributed by atoms with Gasteiger partial charge in [-0.15, -0.1) is 0 Å². The minimum absolute atomic E-state index is 0.0951. The molecule has 1 N–H and O–H groups in total. The average molecular weight is 413 g/mol. The molecule has 0 unspecified atom stereocenters. The Bertz CT molecular complexity index is 903. The Morgan fingerprint density at radius 3 is 2.48 bits per heavy atom. The Labute approximate surface area is 164 Å². The minimum atomic E-state index is -1.17. The van der Waals surface area contributed by atoms with E-state index in [4.69, 9.17) is 32.7 Å². The second kappa shape index (κ2) is 8.70. The molecule has 0 heterocycles. The molecule has 0 aromatic heterocycles. The van der Waals surface area contributed by atoms with Crippen molar-refractivity contribution in [2.75, 3.05) is 12.4 Å². The topological polar surface area (TPSA) is 108 Å². The fourth-order valence-electron chi connectivity index (χ4n) is 2.07. The largest absolute Gasteiger partial charge is 0.495 e. The molecule has 0 aliphatic heterocycles. The first-order valence-electron chi connectivity index (χ1n) is 7.52. The summed E-state index contributed by atoms with van der Waals surface area (Å²) in [5, 5.41) is 13.5. The molecule has 2 aromatic rings. The van der Waals surface area contributed by atoms with Gasteiger partial charge in [-0.1, -0.05) is 23.2 Å². The molecular weight excluding hydrogens is 399 g/mol. The van der Waals surface area contributed by atoms with Crippen LogP contribution in [0.15, 0.2) is 36.4 Å². The first kappa shape index (κ1) is 20.5. The minimum Gasteiger partial charge on any atom is -0.495 e. The van der Waals surface area contributed by atoms with Gasteiger partial charge in [-0.05, 0) is 31.2 Å². The van der Waals surface area contributed by atoms with Crippen LogP contribution < -0.4 is 10.1 Å². The van der Waals surface area contributed by atoms with Gasteiger partial charge >= 0.3 is 5.97 Å². The van der Waals surface area contributed by atoms with Crippen LogP contribution in [0.2, 0.25) is 10.0 Å². The van der Waals surface area contributed by atoms with Crippen LogP contribution in [0.3, 0.4) is 0 Å². The number of nitro groups is 1. The van der Waals surface area contributed by atoms with Crippen LogP contribution in [0.1, 0.15) is 17.3 Å². The Morgan fingerprint density at radius 2 is 1.89 bits per heavy atom. The van der Waals surface area contributed by atoms with Gasteiger partial charge in [-0.2, -0.15) is 0 Å². The zero-order valence-electron chi connectivity index (χ0n) is 14.2. The summed E-state index contributed by atoms with van der Waals surface area (Å²) in [6.07, 6.45) is -1.17. The fourth-order valence-corrected chi connectivity index (χ4v) is 2.50. The number of anilines is 1. The Hall–Kier alpha value is -2.84. The summed E-state index contributed by atoms with van der Waals surface area (Å²) in [7, 11) is 1.43. The Morgan fingerprint density at radius 1 is 1.19 bits per heavy atom. The summed E-state index contributed by atoms with van der Waals surface area (Å²) in [4.78, 5) is 34.5. The number of carbonyl (C=O) groups is 2. The van der Waals surface area contributed by atoms with Crippen molar-refractivity contribution in [2.24, 2.45) is 0 Å². The normalized spacial score (nSPS) is 11.4. The van der Waals surface area contributed by atoms with Crippen molar-refractivity contribution >= 4 is 46.5 Å². The van der Waals surface area contributed by atoms with Gasteiger partial charge in [-0.25, -0.2) is 4.79 Å². The highest BCUT2D eigenvalue weighted by Crippen LogP contribution is 2.28. The molecule has 2 aromatic carbocycles. The summed E-state index contributed by atoms with van der Waals surface area (Å²) < 4.78 is 10.2. The molecule has 2 rings (SSSR count). The van der Waals surface area contributed by atoms with Crippen LogP contribution in [-0.2, 0) is 9.53 Å². The summed E-state index contributed by atoms with van der Waals surface area (Å²) in [5.74, 6) is -1.14. The molecule has 0 saturated carbocycles. The molecule has 8 nitrogen and oxygen atoms in total. The van der Waals surface area contributed by atoms with Gasteiger partial charge in [0, 0.05) is 17.2 Å². The van der Waals surface area contributed by atoms with Crippen molar-refractivity contribution in [1.82, 2.24) is 0 Å². The number of non-ortho nitro benzene ring substituents is 1. The molecule has 10 heteroatoms. The summed E-state index contributed by atoms with van der Waals surface area (Å²) in [6, 6.07) is 7.96. The molecule has 0 fully saturated rings. The van der Waals surface area contributed by atoms with Crippen LogP contribution in [0.25, 0.3) is 0 Å². The third-order valence-corrected chi connectivity index (χ3v) is 4.00. The smallest absolute Gasteiger partial charge is 0.340 e. The number of rotatable bonds is 6. The molecule has 0 aliphatic rings. The first-order valence-corrected chi connectivity index (χ1v) is 8.28. The monoisotopic (exact) mass is 412 g/mol. The van der Waals surface area contributed by atoms with E-state index in [0.717, 1.165) is 18.2 Å². The fraction of sp³-hybridized carbons (Fsp3) is 0.176. The maximum Gasteiger partial charge on any atom is 0.340 e. The van der Waals surface area contributed by atoms with Crippen molar-refractivity contribution in [3.05, 3.63) is 62.1 Å². The SMILES string of the molecule is COc1ccc(Cl)cc1NC(=O)[C@H](C)OC(=O)c1ccc([N+](=O)[O-])cc1Cl. The maximum atomic E-state index is 12.3. The lowest BCUT2D eigenvalue weighted by molar-refractivity contribution is -0.384. The van der Waals surface area contributed by atoms with E-state index in [2.05, 4.69) is 5.32 Å². The van der Waals surface area contributed by atoms with Gasteiger partial charge in [0.1, 0.15) is 5.75 Å². The predicted molar refractivity (Wildman–Crippen MR) is 99.6 cm³/mol. The number of nitrogens with one attached hydrogen (secondary N) is 1. The van der Waals surface area contributed by atoms with Gasteiger partial charge in [0.25, 0.3) is 11.6 Å². The number of methoxy groups -OCH3 is 1. The Kier molecular flexibility index (Phi) is 6.59. The van der Waals surface area contributed by atoms with Crippen LogP contribution in [-0.4, -0.2) is 30.0 Å². The molecular formula is C17H14Cl2N2O6. The first-order chi connectivity index (χ1) is 12.7. The molecule has 0 saturated heterocycles. The van der Waals surface area contributed by atoms with Crippen molar-refractivity contribution < 1.29 is 24.0 Å². The maximum absolute atomic E-state index is 12.3. The van der Waals surface area contributed by atoms with E-state index in [1.807, 2.05) is 0 Å². The third-order valence-electron chi connectivity index (χ3n) is 3.46. The number of hydrogen-bond donors (Lipinski definition) is 1. The number of halogens is 2. The number of nitro benzene ring substituents is 1. The lowest BCUT2D eigenvalue weighted by Gasteiger charge is -2.15. The van der Waals surface area contributed by atoms with E-state index in [9.17, 15) is 19.7 Å². The van der Waals surface area contributed by atoms with E-state index >= 15 is 0 Å². The zero-order valence-corrected chi connectivity index (χ0v) is 15.7. The van der Waals surface area contributed by atoms with Gasteiger partial charge in [0.2, 0.25) is 0 Å². The number of ether oxygens (including phenoxy) is 2. The highest BCUT2D eigenvalue weighted by atomic mass is 35.5. The molecule has 1 amide bonds. The number of amides is 1. The quantitative estimate of drug-likeness (QED) is 0.434. The highest BCUT2D eigenvalue weighted by Gasteiger charge is 2.23. The van der Waals surface area contributed by atoms with Crippen molar-refractivity contribution in [2.45, 2.75) is 13.0 Å². The molecule has 0 radical (unpaired) electrons. The predicted octanol–water partition coefficient (Wildman–Crippen LogP) is 4.09. The van der Waals surface area contributed by atoms with Crippen molar-refractivity contribution in [1.29, 1.82) is 0 Å². The highest BCUT2D eigenvalue weighted by molar-refractivity contribution is 6.33. The van der Waals surface area contributed by atoms with Crippen LogP contribution in [0.5, 0.6) is 5.75 Å².